The molecule has 174 valence electrons. The number of ether oxygens (including phenoxy) is 3. The topological polar surface area (TPSA) is 108 Å². The SMILES string of the molecule is CCCCOc1ccc(C(=O)Nc2sc3c(c2C(=O)OCC)CCS(=O)(=O)C3)cc1OC. The van der Waals surface area contributed by atoms with E-state index < -0.39 is 21.7 Å². The second-order valence-electron chi connectivity index (χ2n) is 7.29. The van der Waals surface area contributed by atoms with Crippen molar-refractivity contribution < 1.29 is 32.2 Å². The fraction of sp³-hybridized carbons (Fsp3) is 0.455. The van der Waals surface area contributed by atoms with Crippen LogP contribution in [0.1, 0.15) is 57.8 Å². The number of unbranched alkanes of at least 4 members (excludes halogenated alkanes) is 1. The third kappa shape index (κ3) is 5.42. The smallest absolute Gasteiger partial charge is 0.341 e. The van der Waals surface area contributed by atoms with E-state index in [1.807, 2.05) is 0 Å². The predicted molar refractivity (Wildman–Crippen MR) is 123 cm³/mol. The molecule has 1 aromatic heterocycles. The van der Waals surface area contributed by atoms with E-state index in [4.69, 9.17) is 14.2 Å². The molecule has 2 heterocycles. The second-order valence-corrected chi connectivity index (χ2v) is 10.6. The van der Waals surface area contributed by atoms with Gasteiger partial charge in [0.15, 0.2) is 21.3 Å². The van der Waals surface area contributed by atoms with Crippen molar-refractivity contribution in [3.63, 3.8) is 0 Å². The zero-order valence-electron chi connectivity index (χ0n) is 18.4. The van der Waals surface area contributed by atoms with Crippen molar-refractivity contribution >= 4 is 38.1 Å². The molecular formula is C22H27NO7S2. The average Bonchev–Trinajstić information content (AvgIpc) is 3.09. The summed E-state index contributed by atoms with van der Waals surface area (Å²) in [5.41, 5.74) is 1.19. The molecule has 0 aliphatic carbocycles. The molecule has 1 aliphatic heterocycles. The summed E-state index contributed by atoms with van der Waals surface area (Å²) in [6.07, 6.45) is 2.12. The number of hydrogen-bond acceptors (Lipinski definition) is 8. The van der Waals surface area contributed by atoms with E-state index in [9.17, 15) is 18.0 Å². The molecule has 0 spiro atoms. The maximum Gasteiger partial charge on any atom is 0.341 e. The molecule has 0 bridgehead atoms. The summed E-state index contributed by atoms with van der Waals surface area (Å²) >= 11 is 1.10. The van der Waals surface area contributed by atoms with Gasteiger partial charge in [-0.1, -0.05) is 13.3 Å². The summed E-state index contributed by atoms with van der Waals surface area (Å²) < 4.78 is 40.3. The summed E-state index contributed by atoms with van der Waals surface area (Å²) in [5, 5.41) is 3.05. The first kappa shape index (κ1) is 24.1. The van der Waals surface area contributed by atoms with E-state index in [0.717, 1.165) is 24.2 Å². The molecule has 1 aliphatic rings. The van der Waals surface area contributed by atoms with Crippen LogP contribution in [0.15, 0.2) is 18.2 Å². The van der Waals surface area contributed by atoms with Crippen LogP contribution in [-0.2, 0) is 26.7 Å². The number of carbonyl (C=O) groups excluding carboxylic acids is 2. The van der Waals surface area contributed by atoms with E-state index in [1.54, 1.807) is 25.1 Å². The van der Waals surface area contributed by atoms with Gasteiger partial charge in [-0.05, 0) is 43.5 Å². The van der Waals surface area contributed by atoms with Gasteiger partial charge in [0.25, 0.3) is 5.91 Å². The van der Waals surface area contributed by atoms with Gasteiger partial charge in [-0.3, -0.25) is 4.79 Å². The van der Waals surface area contributed by atoms with Gasteiger partial charge in [0, 0.05) is 10.4 Å². The number of amides is 1. The van der Waals surface area contributed by atoms with Gasteiger partial charge in [-0.2, -0.15) is 0 Å². The van der Waals surface area contributed by atoms with Crippen LogP contribution in [0, 0.1) is 0 Å². The van der Waals surface area contributed by atoms with Crippen molar-refractivity contribution in [2.24, 2.45) is 0 Å². The molecule has 2 aromatic rings. The van der Waals surface area contributed by atoms with Crippen LogP contribution in [0.25, 0.3) is 0 Å². The summed E-state index contributed by atoms with van der Waals surface area (Å²) in [6, 6.07) is 4.85. The highest BCUT2D eigenvalue weighted by atomic mass is 32.2. The number of carbonyl (C=O) groups is 2. The number of sulfone groups is 1. The number of hydrogen-bond donors (Lipinski definition) is 1. The lowest BCUT2D eigenvalue weighted by Gasteiger charge is -2.13. The molecule has 0 saturated carbocycles. The lowest BCUT2D eigenvalue weighted by Crippen LogP contribution is -2.20. The van der Waals surface area contributed by atoms with Gasteiger partial charge in [0.05, 0.1) is 37.4 Å². The fourth-order valence-corrected chi connectivity index (χ4v) is 6.39. The quantitative estimate of drug-likeness (QED) is 0.428. The number of methoxy groups -OCH3 is 1. The predicted octanol–water partition coefficient (Wildman–Crippen LogP) is 3.84. The van der Waals surface area contributed by atoms with Gasteiger partial charge >= 0.3 is 5.97 Å². The molecular weight excluding hydrogens is 454 g/mol. The first-order chi connectivity index (χ1) is 15.3. The Morgan fingerprint density at radius 3 is 2.66 bits per heavy atom. The van der Waals surface area contributed by atoms with Gasteiger partial charge in [0.2, 0.25) is 0 Å². The molecule has 1 amide bonds. The highest BCUT2D eigenvalue weighted by Crippen LogP contribution is 2.39. The lowest BCUT2D eigenvalue weighted by atomic mass is 10.1. The number of rotatable bonds is 9. The van der Waals surface area contributed by atoms with Gasteiger partial charge in [-0.15, -0.1) is 11.3 Å². The van der Waals surface area contributed by atoms with Crippen LogP contribution in [0.4, 0.5) is 5.00 Å². The second kappa shape index (κ2) is 10.4. The zero-order chi connectivity index (χ0) is 23.3. The van der Waals surface area contributed by atoms with Crippen molar-refractivity contribution in [1.82, 2.24) is 0 Å². The number of benzene rings is 1. The normalized spacial score (nSPS) is 14.3. The van der Waals surface area contributed by atoms with E-state index >= 15 is 0 Å². The standard InChI is InChI=1S/C22H27NO7S2/c1-4-6-10-30-16-8-7-14(12-17(16)28-3)20(24)23-21-19(22(25)29-5-2)15-9-11-32(26,27)13-18(15)31-21/h7-8,12H,4-6,9-11,13H2,1-3H3,(H,23,24). The molecule has 0 radical (unpaired) electrons. The minimum absolute atomic E-state index is 0.0345. The van der Waals surface area contributed by atoms with Crippen LogP contribution in [0.2, 0.25) is 0 Å². The molecule has 0 unspecified atom stereocenters. The van der Waals surface area contributed by atoms with Crippen molar-refractivity contribution in [3.05, 3.63) is 39.8 Å². The van der Waals surface area contributed by atoms with E-state index in [0.29, 0.717) is 34.1 Å². The van der Waals surface area contributed by atoms with E-state index in [1.165, 1.54) is 7.11 Å². The van der Waals surface area contributed by atoms with Crippen LogP contribution >= 0.6 is 11.3 Å². The molecule has 32 heavy (non-hydrogen) atoms. The Morgan fingerprint density at radius 2 is 1.97 bits per heavy atom. The summed E-state index contributed by atoms with van der Waals surface area (Å²) in [4.78, 5) is 26.1. The van der Waals surface area contributed by atoms with Crippen molar-refractivity contribution in [3.8, 4) is 11.5 Å². The summed E-state index contributed by atoms with van der Waals surface area (Å²) in [6.45, 7) is 4.48. The first-order valence-electron chi connectivity index (χ1n) is 10.4. The van der Waals surface area contributed by atoms with Crippen molar-refractivity contribution in [2.75, 3.05) is 31.4 Å². The fourth-order valence-electron chi connectivity index (χ4n) is 3.36. The largest absolute Gasteiger partial charge is 0.493 e. The Morgan fingerprint density at radius 1 is 1.19 bits per heavy atom. The van der Waals surface area contributed by atoms with Crippen molar-refractivity contribution in [1.29, 1.82) is 0 Å². The number of fused-ring (bicyclic) bond motifs is 1. The molecule has 0 atom stereocenters. The van der Waals surface area contributed by atoms with Crippen LogP contribution < -0.4 is 14.8 Å². The van der Waals surface area contributed by atoms with Gasteiger partial charge in [0.1, 0.15) is 5.00 Å². The van der Waals surface area contributed by atoms with Crippen LogP contribution in [-0.4, -0.2) is 46.4 Å². The van der Waals surface area contributed by atoms with Gasteiger partial charge in [-0.25, -0.2) is 13.2 Å². The Bertz CT molecular complexity index is 1110. The average molecular weight is 482 g/mol. The van der Waals surface area contributed by atoms with Crippen molar-refractivity contribution in [2.45, 2.75) is 38.9 Å². The highest BCUT2D eigenvalue weighted by Gasteiger charge is 2.32. The number of nitrogens with one attached hydrogen (secondary N) is 1. The Balaban J connectivity index is 1.88. The number of thiophene rings is 1. The summed E-state index contributed by atoms with van der Waals surface area (Å²) in [7, 11) is -1.73. The molecule has 0 saturated heterocycles. The Hall–Kier alpha value is -2.59. The first-order valence-corrected chi connectivity index (χ1v) is 13.1. The Labute approximate surface area is 191 Å². The van der Waals surface area contributed by atoms with Crippen LogP contribution in [0.3, 0.4) is 0 Å². The molecule has 1 N–H and O–H groups in total. The molecule has 0 fully saturated rings. The number of anilines is 1. The lowest BCUT2D eigenvalue weighted by molar-refractivity contribution is 0.0527. The third-order valence-electron chi connectivity index (χ3n) is 4.99. The summed E-state index contributed by atoms with van der Waals surface area (Å²) in [5.74, 6) is -0.232. The maximum absolute atomic E-state index is 13.0. The van der Waals surface area contributed by atoms with Crippen LogP contribution in [0.5, 0.6) is 11.5 Å². The minimum atomic E-state index is -3.23. The Kier molecular flexibility index (Phi) is 7.78. The number of esters is 1. The monoisotopic (exact) mass is 481 g/mol. The molecule has 1 aromatic carbocycles. The van der Waals surface area contributed by atoms with E-state index in [2.05, 4.69) is 12.2 Å². The maximum atomic E-state index is 13.0. The third-order valence-corrected chi connectivity index (χ3v) is 7.88. The molecule has 3 rings (SSSR count). The molecule has 10 heteroatoms. The highest BCUT2D eigenvalue weighted by molar-refractivity contribution is 7.90. The zero-order valence-corrected chi connectivity index (χ0v) is 20.0. The minimum Gasteiger partial charge on any atom is -0.493 e. The van der Waals surface area contributed by atoms with Gasteiger partial charge < -0.3 is 19.5 Å². The van der Waals surface area contributed by atoms with E-state index in [-0.39, 0.29) is 35.1 Å². The molecule has 8 nitrogen and oxygen atoms in total.